The summed E-state index contributed by atoms with van der Waals surface area (Å²) in [6.07, 6.45) is 13.2. The first-order valence-electron chi connectivity index (χ1n) is 8.05. The van der Waals surface area contributed by atoms with Crippen molar-refractivity contribution >= 4 is 18.0 Å². The van der Waals surface area contributed by atoms with Gasteiger partial charge in [0.15, 0.2) is 6.29 Å². The Hall–Kier alpha value is -0.760. The first-order chi connectivity index (χ1) is 9.88. The Balaban J connectivity index is 1.98. The molecule has 0 saturated heterocycles. The average molecular weight is 292 g/mol. The summed E-state index contributed by atoms with van der Waals surface area (Å²) in [6, 6.07) is 7.87. The highest BCUT2D eigenvalue weighted by atomic mass is 32.2. The Morgan fingerprint density at radius 3 is 2.15 bits per heavy atom. The Morgan fingerprint density at radius 2 is 1.50 bits per heavy atom. The maximum atomic E-state index is 10.9. The molecule has 0 atom stereocenters. The van der Waals surface area contributed by atoms with Crippen LogP contribution in [0.3, 0.4) is 0 Å². The highest BCUT2D eigenvalue weighted by Crippen LogP contribution is 2.23. The molecule has 0 amide bonds. The molecular formula is C18H28OS. The molecule has 0 aliphatic carbocycles. The lowest BCUT2D eigenvalue weighted by atomic mass is 10.1. The van der Waals surface area contributed by atoms with Crippen molar-refractivity contribution in [2.75, 3.05) is 5.75 Å². The van der Waals surface area contributed by atoms with E-state index in [9.17, 15) is 4.79 Å². The zero-order chi connectivity index (χ0) is 14.5. The molecule has 0 fully saturated rings. The molecule has 0 aliphatic rings. The van der Waals surface area contributed by atoms with Gasteiger partial charge in [0, 0.05) is 10.5 Å². The van der Waals surface area contributed by atoms with Crippen molar-refractivity contribution in [3.8, 4) is 0 Å². The van der Waals surface area contributed by atoms with Crippen LogP contribution in [0.1, 0.15) is 75.1 Å². The van der Waals surface area contributed by atoms with Gasteiger partial charge in [-0.25, -0.2) is 0 Å². The van der Waals surface area contributed by atoms with Crippen LogP contribution < -0.4 is 0 Å². The predicted octanol–water partition coefficient (Wildman–Crippen LogP) is 6.12. The van der Waals surface area contributed by atoms with E-state index in [0.29, 0.717) is 0 Å². The topological polar surface area (TPSA) is 17.1 Å². The fraction of sp³-hybridized carbons (Fsp3) is 0.611. The highest BCUT2D eigenvalue weighted by Gasteiger charge is 2.00. The highest BCUT2D eigenvalue weighted by molar-refractivity contribution is 7.99. The summed E-state index contributed by atoms with van der Waals surface area (Å²) in [6.45, 7) is 2.26. The number of carbonyl (C=O) groups is 1. The SMILES string of the molecule is CCCCCCCCCCCSc1ccccc1C=O. The van der Waals surface area contributed by atoms with Gasteiger partial charge in [-0.1, -0.05) is 76.5 Å². The third-order valence-electron chi connectivity index (χ3n) is 3.55. The van der Waals surface area contributed by atoms with E-state index in [0.717, 1.165) is 22.5 Å². The van der Waals surface area contributed by atoms with Crippen molar-refractivity contribution in [3.63, 3.8) is 0 Å². The molecule has 0 radical (unpaired) electrons. The summed E-state index contributed by atoms with van der Waals surface area (Å²) < 4.78 is 0. The Bertz CT molecular complexity index is 362. The predicted molar refractivity (Wildman–Crippen MR) is 89.8 cm³/mol. The smallest absolute Gasteiger partial charge is 0.151 e. The fourth-order valence-corrected chi connectivity index (χ4v) is 3.33. The molecule has 0 N–H and O–H groups in total. The van der Waals surface area contributed by atoms with Crippen LogP contribution in [0.5, 0.6) is 0 Å². The number of hydrogen-bond donors (Lipinski definition) is 0. The number of benzene rings is 1. The summed E-state index contributed by atoms with van der Waals surface area (Å²) in [4.78, 5) is 12.0. The zero-order valence-corrected chi connectivity index (χ0v) is 13.6. The summed E-state index contributed by atoms with van der Waals surface area (Å²) in [5.74, 6) is 1.13. The van der Waals surface area contributed by atoms with Gasteiger partial charge in [0.2, 0.25) is 0 Å². The molecule has 2 heteroatoms. The molecule has 1 nitrogen and oxygen atoms in total. The molecular weight excluding hydrogens is 264 g/mol. The molecule has 1 aromatic rings. The van der Waals surface area contributed by atoms with Crippen molar-refractivity contribution in [3.05, 3.63) is 29.8 Å². The van der Waals surface area contributed by atoms with Gasteiger partial charge in [-0.3, -0.25) is 4.79 Å². The second kappa shape index (κ2) is 12.0. The first-order valence-corrected chi connectivity index (χ1v) is 9.04. The molecule has 0 unspecified atom stereocenters. The molecule has 112 valence electrons. The minimum Gasteiger partial charge on any atom is -0.298 e. The number of carbonyl (C=O) groups excluding carboxylic acids is 1. The summed E-state index contributed by atoms with van der Waals surface area (Å²) >= 11 is 1.82. The minimum atomic E-state index is 0.827. The van der Waals surface area contributed by atoms with Crippen molar-refractivity contribution in [1.82, 2.24) is 0 Å². The van der Waals surface area contributed by atoms with Gasteiger partial charge in [-0.15, -0.1) is 11.8 Å². The van der Waals surface area contributed by atoms with E-state index in [1.54, 1.807) is 0 Å². The van der Waals surface area contributed by atoms with Crippen molar-refractivity contribution in [1.29, 1.82) is 0 Å². The monoisotopic (exact) mass is 292 g/mol. The van der Waals surface area contributed by atoms with Gasteiger partial charge in [-0.05, 0) is 18.2 Å². The van der Waals surface area contributed by atoms with Gasteiger partial charge in [0.1, 0.15) is 0 Å². The average Bonchev–Trinajstić information content (AvgIpc) is 2.49. The Kier molecular flexibility index (Phi) is 10.4. The number of thioether (sulfide) groups is 1. The van der Waals surface area contributed by atoms with Crippen LogP contribution in [-0.2, 0) is 0 Å². The molecule has 0 bridgehead atoms. The molecule has 0 aliphatic heterocycles. The molecule has 0 heterocycles. The quantitative estimate of drug-likeness (QED) is 0.262. The molecule has 1 aromatic carbocycles. The van der Waals surface area contributed by atoms with Crippen molar-refractivity contribution in [2.24, 2.45) is 0 Å². The Morgan fingerprint density at radius 1 is 0.900 bits per heavy atom. The van der Waals surface area contributed by atoms with Crippen LogP contribution in [0, 0.1) is 0 Å². The van der Waals surface area contributed by atoms with Crippen LogP contribution in [0.4, 0.5) is 0 Å². The van der Waals surface area contributed by atoms with Gasteiger partial charge in [0.05, 0.1) is 0 Å². The van der Waals surface area contributed by atoms with Crippen LogP contribution in [0.2, 0.25) is 0 Å². The number of aldehydes is 1. The second-order valence-corrected chi connectivity index (χ2v) is 6.47. The second-order valence-electron chi connectivity index (χ2n) is 5.33. The fourth-order valence-electron chi connectivity index (χ4n) is 2.30. The Labute approximate surface area is 128 Å². The normalized spacial score (nSPS) is 10.7. The third-order valence-corrected chi connectivity index (χ3v) is 4.73. The molecule has 0 aromatic heterocycles. The van der Waals surface area contributed by atoms with E-state index in [-0.39, 0.29) is 0 Å². The van der Waals surface area contributed by atoms with Gasteiger partial charge in [-0.2, -0.15) is 0 Å². The van der Waals surface area contributed by atoms with Gasteiger partial charge >= 0.3 is 0 Å². The lowest BCUT2D eigenvalue weighted by Gasteiger charge is -2.04. The third kappa shape index (κ3) is 7.74. The standard InChI is InChI=1S/C18H28OS/c1-2-3-4-5-6-7-8-9-12-15-20-18-14-11-10-13-17(18)16-19/h10-11,13-14,16H,2-9,12,15H2,1H3. The maximum absolute atomic E-state index is 10.9. The first kappa shape index (κ1) is 17.3. The van der Waals surface area contributed by atoms with E-state index in [2.05, 4.69) is 6.92 Å². The largest absolute Gasteiger partial charge is 0.298 e. The molecule has 0 saturated carbocycles. The van der Waals surface area contributed by atoms with Crippen LogP contribution >= 0.6 is 11.8 Å². The van der Waals surface area contributed by atoms with Gasteiger partial charge in [0.25, 0.3) is 0 Å². The summed E-state index contributed by atoms with van der Waals surface area (Å²) in [5, 5.41) is 0. The summed E-state index contributed by atoms with van der Waals surface area (Å²) in [7, 11) is 0. The molecule has 0 spiro atoms. The molecule has 20 heavy (non-hydrogen) atoms. The van der Waals surface area contributed by atoms with E-state index in [4.69, 9.17) is 0 Å². The maximum Gasteiger partial charge on any atom is 0.151 e. The van der Waals surface area contributed by atoms with E-state index >= 15 is 0 Å². The number of rotatable bonds is 12. The minimum absolute atomic E-state index is 0.827. The van der Waals surface area contributed by atoms with Crippen LogP contribution in [0.15, 0.2) is 29.2 Å². The van der Waals surface area contributed by atoms with Crippen LogP contribution in [-0.4, -0.2) is 12.0 Å². The van der Waals surface area contributed by atoms with E-state index in [1.165, 1.54) is 57.8 Å². The zero-order valence-electron chi connectivity index (χ0n) is 12.8. The van der Waals surface area contributed by atoms with E-state index in [1.807, 2.05) is 36.0 Å². The van der Waals surface area contributed by atoms with Gasteiger partial charge < -0.3 is 0 Å². The van der Waals surface area contributed by atoms with E-state index < -0.39 is 0 Å². The van der Waals surface area contributed by atoms with Crippen LogP contribution in [0.25, 0.3) is 0 Å². The van der Waals surface area contributed by atoms with Crippen molar-refractivity contribution in [2.45, 2.75) is 69.6 Å². The summed E-state index contributed by atoms with van der Waals surface area (Å²) in [5.41, 5.74) is 0.827. The number of hydrogen-bond acceptors (Lipinski definition) is 2. The molecule has 1 rings (SSSR count). The number of unbranched alkanes of at least 4 members (excludes halogenated alkanes) is 8. The van der Waals surface area contributed by atoms with Crippen molar-refractivity contribution < 1.29 is 4.79 Å². The lowest BCUT2D eigenvalue weighted by molar-refractivity contribution is 0.112. The lowest BCUT2D eigenvalue weighted by Crippen LogP contribution is -1.87.